The average molecular weight is 293 g/mol. The van der Waals surface area contributed by atoms with Crippen LogP contribution in [-0.4, -0.2) is 17.6 Å². The van der Waals surface area contributed by atoms with Gasteiger partial charge in [-0.2, -0.15) is 0 Å². The SMILES string of the molecule is CCCc1cn(-c2ccccc2)c2ccc(C(=O)OC)cc12. The van der Waals surface area contributed by atoms with E-state index in [4.69, 9.17) is 4.74 Å². The van der Waals surface area contributed by atoms with Crippen molar-refractivity contribution in [3.8, 4) is 5.69 Å². The maximum atomic E-state index is 11.8. The minimum Gasteiger partial charge on any atom is -0.465 e. The molecule has 0 unspecified atom stereocenters. The van der Waals surface area contributed by atoms with Gasteiger partial charge in [-0.05, 0) is 42.3 Å². The monoisotopic (exact) mass is 293 g/mol. The molecule has 0 aliphatic carbocycles. The fraction of sp³-hybridized carbons (Fsp3) is 0.211. The number of rotatable bonds is 4. The second-order valence-corrected chi connectivity index (χ2v) is 5.33. The van der Waals surface area contributed by atoms with Crippen molar-refractivity contribution in [3.63, 3.8) is 0 Å². The number of ether oxygens (including phenoxy) is 1. The number of aryl methyl sites for hydroxylation is 1. The van der Waals surface area contributed by atoms with Gasteiger partial charge in [-0.1, -0.05) is 31.5 Å². The highest BCUT2D eigenvalue weighted by Crippen LogP contribution is 2.27. The van der Waals surface area contributed by atoms with Crippen molar-refractivity contribution < 1.29 is 9.53 Å². The van der Waals surface area contributed by atoms with E-state index < -0.39 is 0 Å². The summed E-state index contributed by atoms with van der Waals surface area (Å²) in [5.74, 6) is -0.295. The summed E-state index contributed by atoms with van der Waals surface area (Å²) >= 11 is 0. The first-order valence-corrected chi connectivity index (χ1v) is 7.52. The Bertz CT molecular complexity index is 803. The molecule has 0 fully saturated rings. The van der Waals surface area contributed by atoms with Crippen LogP contribution in [0.25, 0.3) is 16.6 Å². The summed E-state index contributed by atoms with van der Waals surface area (Å²) in [6.45, 7) is 2.16. The van der Waals surface area contributed by atoms with Gasteiger partial charge in [0, 0.05) is 17.3 Å². The summed E-state index contributed by atoms with van der Waals surface area (Å²) in [5, 5.41) is 1.12. The minimum absolute atomic E-state index is 0.295. The van der Waals surface area contributed by atoms with Gasteiger partial charge in [0.1, 0.15) is 0 Å². The molecule has 0 atom stereocenters. The second kappa shape index (κ2) is 6.06. The number of hydrogen-bond donors (Lipinski definition) is 0. The van der Waals surface area contributed by atoms with Crippen molar-refractivity contribution in [2.24, 2.45) is 0 Å². The Kier molecular flexibility index (Phi) is 3.96. The highest BCUT2D eigenvalue weighted by Gasteiger charge is 2.13. The Morgan fingerprint density at radius 2 is 1.91 bits per heavy atom. The van der Waals surface area contributed by atoms with Gasteiger partial charge < -0.3 is 9.30 Å². The predicted molar refractivity (Wildman–Crippen MR) is 88.6 cm³/mol. The number of aromatic nitrogens is 1. The zero-order valence-electron chi connectivity index (χ0n) is 12.9. The normalized spacial score (nSPS) is 10.8. The molecule has 0 amide bonds. The summed E-state index contributed by atoms with van der Waals surface area (Å²) < 4.78 is 7.01. The molecular weight excluding hydrogens is 274 g/mol. The average Bonchev–Trinajstić information content (AvgIpc) is 2.93. The number of hydrogen-bond acceptors (Lipinski definition) is 2. The van der Waals surface area contributed by atoms with Crippen molar-refractivity contribution >= 4 is 16.9 Å². The Balaban J connectivity index is 2.21. The molecule has 3 rings (SSSR count). The van der Waals surface area contributed by atoms with Crippen molar-refractivity contribution in [3.05, 3.63) is 65.9 Å². The van der Waals surface area contributed by atoms with Crippen LogP contribution in [-0.2, 0) is 11.2 Å². The molecule has 0 aliphatic rings. The fourth-order valence-electron chi connectivity index (χ4n) is 2.81. The molecule has 0 bridgehead atoms. The maximum Gasteiger partial charge on any atom is 0.337 e. The molecule has 3 heteroatoms. The molecule has 0 spiro atoms. The van der Waals surface area contributed by atoms with Gasteiger partial charge in [-0.3, -0.25) is 0 Å². The van der Waals surface area contributed by atoms with E-state index in [2.05, 4.69) is 29.8 Å². The lowest BCUT2D eigenvalue weighted by Crippen LogP contribution is -2.00. The first-order valence-electron chi connectivity index (χ1n) is 7.52. The molecule has 0 saturated carbocycles. The minimum atomic E-state index is -0.295. The number of nitrogens with zero attached hydrogens (tertiary/aromatic N) is 1. The Labute approximate surface area is 130 Å². The van der Waals surface area contributed by atoms with Gasteiger partial charge in [0.05, 0.1) is 18.2 Å². The van der Waals surface area contributed by atoms with E-state index in [0.717, 1.165) is 29.4 Å². The molecule has 112 valence electrons. The topological polar surface area (TPSA) is 31.2 Å². The van der Waals surface area contributed by atoms with Crippen LogP contribution in [0.2, 0.25) is 0 Å². The van der Waals surface area contributed by atoms with E-state index in [1.165, 1.54) is 12.7 Å². The smallest absolute Gasteiger partial charge is 0.337 e. The molecule has 0 aliphatic heterocycles. The zero-order valence-corrected chi connectivity index (χ0v) is 12.9. The molecule has 3 aromatic rings. The molecule has 0 saturated heterocycles. The van der Waals surface area contributed by atoms with Crippen molar-refractivity contribution in [2.75, 3.05) is 7.11 Å². The summed E-state index contributed by atoms with van der Waals surface area (Å²) in [6, 6.07) is 16.0. The predicted octanol–water partition coefficient (Wildman–Crippen LogP) is 4.37. The van der Waals surface area contributed by atoms with Gasteiger partial charge >= 0.3 is 5.97 Å². The Hall–Kier alpha value is -2.55. The number of esters is 1. The molecule has 0 N–H and O–H groups in total. The molecular formula is C19H19NO2. The standard InChI is InChI=1S/C19H19NO2/c1-3-7-15-13-20(16-8-5-4-6-9-16)18-11-10-14(12-17(15)18)19(21)22-2/h4-6,8-13H,3,7H2,1-2H3. The molecule has 3 nitrogen and oxygen atoms in total. The van der Waals surface area contributed by atoms with Crippen molar-refractivity contribution in [1.29, 1.82) is 0 Å². The molecule has 0 radical (unpaired) electrons. The second-order valence-electron chi connectivity index (χ2n) is 5.33. The Morgan fingerprint density at radius 1 is 1.14 bits per heavy atom. The first-order chi connectivity index (χ1) is 10.7. The third kappa shape index (κ3) is 2.50. The zero-order chi connectivity index (χ0) is 15.5. The molecule has 2 aromatic carbocycles. The largest absolute Gasteiger partial charge is 0.465 e. The van der Waals surface area contributed by atoms with Crippen LogP contribution < -0.4 is 0 Å². The quantitative estimate of drug-likeness (QED) is 0.669. The molecule has 22 heavy (non-hydrogen) atoms. The van der Waals surface area contributed by atoms with Crippen LogP contribution in [0.15, 0.2) is 54.7 Å². The maximum absolute atomic E-state index is 11.8. The number of fused-ring (bicyclic) bond motifs is 1. The van der Waals surface area contributed by atoms with Crippen LogP contribution in [0.3, 0.4) is 0 Å². The van der Waals surface area contributed by atoms with Crippen molar-refractivity contribution in [2.45, 2.75) is 19.8 Å². The summed E-state index contributed by atoms with van der Waals surface area (Å²) in [6.07, 6.45) is 4.22. The lowest BCUT2D eigenvalue weighted by molar-refractivity contribution is 0.0601. The van der Waals surface area contributed by atoms with Crippen LogP contribution >= 0.6 is 0 Å². The van der Waals surface area contributed by atoms with Crippen LogP contribution in [0.4, 0.5) is 0 Å². The first kappa shape index (κ1) is 14.4. The van der Waals surface area contributed by atoms with E-state index in [1.54, 1.807) is 0 Å². The van der Waals surface area contributed by atoms with E-state index in [0.29, 0.717) is 5.56 Å². The van der Waals surface area contributed by atoms with Crippen LogP contribution in [0.5, 0.6) is 0 Å². The third-order valence-electron chi connectivity index (χ3n) is 3.86. The van der Waals surface area contributed by atoms with Gasteiger partial charge in [0.15, 0.2) is 0 Å². The summed E-state index contributed by atoms with van der Waals surface area (Å²) in [4.78, 5) is 11.8. The van der Waals surface area contributed by atoms with E-state index in [-0.39, 0.29) is 5.97 Å². The lowest BCUT2D eigenvalue weighted by Gasteiger charge is -2.05. The number of carbonyl (C=O) groups is 1. The summed E-state index contributed by atoms with van der Waals surface area (Å²) in [7, 11) is 1.41. The van der Waals surface area contributed by atoms with E-state index >= 15 is 0 Å². The number of benzene rings is 2. The Morgan fingerprint density at radius 3 is 2.59 bits per heavy atom. The van der Waals surface area contributed by atoms with Crippen LogP contribution in [0, 0.1) is 0 Å². The van der Waals surface area contributed by atoms with Gasteiger partial charge in [-0.15, -0.1) is 0 Å². The molecule has 1 aromatic heterocycles. The lowest BCUT2D eigenvalue weighted by atomic mass is 10.1. The van der Waals surface area contributed by atoms with Crippen LogP contribution in [0.1, 0.15) is 29.3 Å². The fourth-order valence-corrected chi connectivity index (χ4v) is 2.81. The van der Waals surface area contributed by atoms with E-state index in [1.807, 2.05) is 36.4 Å². The van der Waals surface area contributed by atoms with Gasteiger partial charge in [0.2, 0.25) is 0 Å². The van der Waals surface area contributed by atoms with Crippen molar-refractivity contribution in [1.82, 2.24) is 4.57 Å². The third-order valence-corrected chi connectivity index (χ3v) is 3.86. The van der Waals surface area contributed by atoms with Gasteiger partial charge in [-0.25, -0.2) is 4.79 Å². The molecule has 1 heterocycles. The summed E-state index contributed by atoms with van der Waals surface area (Å²) in [5.41, 5.74) is 4.09. The number of para-hydroxylation sites is 1. The van der Waals surface area contributed by atoms with E-state index in [9.17, 15) is 4.79 Å². The number of methoxy groups -OCH3 is 1. The highest BCUT2D eigenvalue weighted by molar-refractivity contribution is 5.96. The van der Waals surface area contributed by atoms with Gasteiger partial charge in [0.25, 0.3) is 0 Å². The highest BCUT2D eigenvalue weighted by atomic mass is 16.5. The number of carbonyl (C=O) groups excluding carboxylic acids is 1.